The Balaban J connectivity index is 2.09. The Bertz CT molecular complexity index is 493. The summed E-state index contributed by atoms with van der Waals surface area (Å²) in [7, 11) is 1.47. The number of rotatable bonds is 4. The minimum Gasteiger partial charge on any atom is -0.375 e. The Labute approximate surface area is 99.0 Å². The molecule has 0 atom stereocenters. The van der Waals surface area contributed by atoms with E-state index >= 15 is 0 Å². The fourth-order valence-electron chi connectivity index (χ4n) is 1.43. The number of nitrogens with one attached hydrogen (secondary N) is 1. The quantitative estimate of drug-likeness (QED) is 0.866. The lowest BCUT2D eigenvalue weighted by Gasteiger charge is -2.01. The highest BCUT2D eigenvalue weighted by Gasteiger charge is 2.04. The number of hydrogen-bond donors (Lipinski definition) is 1. The Kier molecular flexibility index (Phi) is 3.52. The Hall–Kier alpha value is -2.14. The van der Waals surface area contributed by atoms with Crippen molar-refractivity contribution in [3.05, 3.63) is 42.6 Å². The zero-order valence-electron chi connectivity index (χ0n) is 9.46. The van der Waals surface area contributed by atoms with Crippen LogP contribution in [0.2, 0.25) is 0 Å². The van der Waals surface area contributed by atoms with Crippen LogP contribution >= 0.6 is 0 Å². The number of nitrogens with zero attached hydrogens (tertiary/aromatic N) is 2. The molecule has 1 aromatic heterocycles. The van der Waals surface area contributed by atoms with Crippen molar-refractivity contribution in [3.8, 4) is 5.69 Å². The van der Waals surface area contributed by atoms with Gasteiger partial charge in [0, 0.05) is 19.4 Å². The summed E-state index contributed by atoms with van der Waals surface area (Å²) in [6.45, 7) is 0.0260. The summed E-state index contributed by atoms with van der Waals surface area (Å²) in [5.74, 6) is 0.293. The molecule has 2 rings (SSSR count). The van der Waals surface area contributed by atoms with Crippen LogP contribution in [0.4, 0.5) is 5.82 Å². The van der Waals surface area contributed by atoms with Crippen LogP contribution in [0.5, 0.6) is 0 Å². The number of carbonyl (C=O) groups is 1. The number of methoxy groups -OCH3 is 1. The number of para-hydroxylation sites is 1. The van der Waals surface area contributed by atoms with Gasteiger partial charge in [0.2, 0.25) is 0 Å². The van der Waals surface area contributed by atoms with Gasteiger partial charge in [-0.25, -0.2) is 4.68 Å². The fourth-order valence-corrected chi connectivity index (χ4v) is 1.43. The molecule has 0 aliphatic carbocycles. The number of hydrogen-bond acceptors (Lipinski definition) is 3. The molecule has 1 heterocycles. The molecule has 5 heteroatoms. The molecule has 0 unspecified atom stereocenters. The molecule has 0 spiro atoms. The van der Waals surface area contributed by atoms with Gasteiger partial charge < -0.3 is 10.1 Å². The largest absolute Gasteiger partial charge is 0.375 e. The van der Waals surface area contributed by atoms with E-state index in [1.54, 1.807) is 16.9 Å². The Morgan fingerprint density at radius 1 is 1.35 bits per heavy atom. The van der Waals surface area contributed by atoms with Gasteiger partial charge in [0.15, 0.2) is 5.82 Å². The number of carbonyl (C=O) groups excluding carboxylic acids is 1. The Morgan fingerprint density at radius 2 is 2.12 bits per heavy atom. The summed E-state index contributed by atoms with van der Waals surface area (Å²) in [4.78, 5) is 11.3. The molecule has 1 aromatic carbocycles. The summed E-state index contributed by atoms with van der Waals surface area (Å²) in [5, 5.41) is 6.87. The average molecular weight is 231 g/mol. The maximum atomic E-state index is 11.3. The topological polar surface area (TPSA) is 56.1 Å². The molecule has 0 fully saturated rings. The predicted molar refractivity (Wildman–Crippen MR) is 64.1 cm³/mol. The number of aromatic nitrogens is 2. The van der Waals surface area contributed by atoms with Gasteiger partial charge in [0.05, 0.1) is 5.69 Å². The molecule has 0 radical (unpaired) electrons. The van der Waals surface area contributed by atoms with Crippen LogP contribution in [0.3, 0.4) is 0 Å². The number of anilines is 1. The van der Waals surface area contributed by atoms with Crippen LogP contribution in [0.15, 0.2) is 42.6 Å². The Morgan fingerprint density at radius 3 is 2.82 bits per heavy atom. The van der Waals surface area contributed by atoms with E-state index in [4.69, 9.17) is 4.74 Å². The fraction of sp³-hybridized carbons (Fsp3) is 0.167. The monoisotopic (exact) mass is 231 g/mol. The van der Waals surface area contributed by atoms with Crippen molar-refractivity contribution in [2.24, 2.45) is 0 Å². The molecule has 5 nitrogen and oxygen atoms in total. The van der Waals surface area contributed by atoms with Crippen LogP contribution in [0, 0.1) is 0 Å². The van der Waals surface area contributed by atoms with Gasteiger partial charge in [0.25, 0.3) is 5.91 Å². The van der Waals surface area contributed by atoms with Crippen molar-refractivity contribution < 1.29 is 9.53 Å². The molecule has 17 heavy (non-hydrogen) atoms. The van der Waals surface area contributed by atoms with Crippen LogP contribution in [0.25, 0.3) is 5.69 Å². The smallest absolute Gasteiger partial charge is 0.251 e. The second kappa shape index (κ2) is 5.27. The summed E-state index contributed by atoms with van der Waals surface area (Å²) in [5.41, 5.74) is 0.944. The molecular formula is C12H13N3O2. The van der Waals surface area contributed by atoms with Gasteiger partial charge in [-0.3, -0.25) is 4.79 Å². The third-order valence-corrected chi connectivity index (χ3v) is 2.15. The third kappa shape index (κ3) is 2.92. The molecule has 88 valence electrons. The highest BCUT2D eigenvalue weighted by molar-refractivity contribution is 5.90. The number of amides is 1. The van der Waals surface area contributed by atoms with Gasteiger partial charge >= 0.3 is 0 Å². The first-order valence-electron chi connectivity index (χ1n) is 5.19. The van der Waals surface area contributed by atoms with Gasteiger partial charge in [-0.2, -0.15) is 5.10 Å². The summed E-state index contributed by atoms with van der Waals surface area (Å²) in [6, 6.07) is 11.4. The molecule has 2 aromatic rings. The first kappa shape index (κ1) is 11.3. The van der Waals surface area contributed by atoms with E-state index in [0.717, 1.165) is 5.69 Å². The van der Waals surface area contributed by atoms with Crippen molar-refractivity contribution in [1.29, 1.82) is 0 Å². The molecule has 0 aliphatic rings. The minimum atomic E-state index is -0.217. The molecule has 1 amide bonds. The molecule has 0 saturated heterocycles. The SMILES string of the molecule is COCC(=O)Nc1ccn(-c2ccccc2)n1. The first-order chi connectivity index (χ1) is 8.29. The van der Waals surface area contributed by atoms with Crippen molar-refractivity contribution in [2.45, 2.75) is 0 Å². The summed E-state index contributed by atoms with van der Waals surface area (Å²) in [6.07, 6.45) is 1.79. The van der Waals surface area contributed by atoms with E-state index in [-0.39, 0.29) is 12.5 Å². The predicted octanol–water partition coefficient (Wildman–Crippen LogP) is 1.46. The standard InChI is InChI=1S/C12H13N3O2/c1-17-9-12(16)13-11-7-8-15(14-11)10-5-3-2-4-6-10/h2-8H,9H2,1H3,(H,13,14,16). The molecule has 0 saturated carbocycles. The summed E-state index contributed by atoms with van der Waals surface area (Å²) < 4.78 is 6.42. The lowest BCUT2D eigenvalue weighted by molar-refractivity contribution is -0.119. The normalized spacial score (nSPS) is 10.2. The van der Waals surface area contributed by atoms with E-state index in [0.29, 0.717) is 5.82 Å². The van der Waals surface area contributed by atoms with E-state index in [2.05, 4.69) is 10.4 Å². The van der Waals surface area contributed by atoms with Gasteiger partial charge in [-0.05, 0) is 12.1 Å². The van der Waals surface area contributed by atoms with Crippen LogP contribution in [0.1, 0.15) is 0 Å². The minimum absolute atomic E-state index is 0.0260. The maximum absolute atomic E-state index is 11.3. The van der Waals surface area contributed by atoms with Crippen molar-refractivity contribution >= 4 is 11.7 Å². The van der Waals surface area contributed by atoms with Gasteiger partial charge in [-0.1, -0.05) is 18.2 Å². The molecule has 1 N–H and O–H groups in total. The molecule has 0 aliphatic heterocycles. The lowest BCUT2D eigenvalue weighted by atomic mass is 10.3. The lowest BCUT2D eigenvalue weighted by Crippen LogP contribution is -2.17. The number of ether oxygens (including phenoxy) is 1. The van der Waals surface area contributed by atoms with E-state index in [1.165, 1.54) is 7.11 Å². The van der Waals surface area contributed by atoms with E-state index < -0.39 is 0 Å². The third-order valence-electron chi connectivity index (χ3n) is 2.15. The maximum Gasteiger partial charge on any atom is 0.251 e. The zero-order chi connectivity index (χ0) is 12.1. The summed E-state index contributed by atoms with van der Waals surface area (Å²) >= 11 is 0. The number of benzene rings is 1. The van der Waals surface area contributed by atoms with Crippen molar-refractivity contribution in [1.82, 2.24) is 9.78 Å². The second-order valence-corrected chi connectivity index (χ2v) is 3.46. The van der Waals surface area contributed by atoms with E-state index in [9.17, 15) is 4.79 Å². The van der Waals surface area contributed by atoms with Crippen molar-refractivity contribution in [2.75, 3.05) is 19.0 Å². The van der Waals surface area contributed by atoms with Crippen LogP contribution < -0.4 is 5.32 Å². The zero-order valence-corrected chi connectivity index (χ0v) is 9.46. The van der Waals surface area contributed by atoms with Crippen molar-refractivity contribution in [3.63, 3.8) is 0 Å². The highest BCUT2D eigenvalue weighted by atomic mass is 16.5. The second-order valence-electron chi connectivity index (χ2n) is 3.46. The van der Waals surface area contributed by atoms with Crippen LogP contribution in [-0.4, -0.2) is 29.4 Å². The molecule has 0 bridgehead atoms. The van der Waals surface area contributed by atoms with Crippen LogP contribution in [-0.2, 0) is 9.53 Å². The first-order valence-corrected chi connectivity index (χ1v) is 5.19. The molecular weight excluding hydrogens is 218 g/mol. The van der Waals surface area contributed by atoms with Gasteiger partial charge in [0.1, 0.15) is 6.61 Å². The van der Waals surface area contributed by atoms with E-state index in [1.807, 2.05) is 30.3 Å². The van der Waals surface area contributed by atoms with Gasteiger partial charge in [-0.15, -0.1) is 0 Å². The highest BCUT2D eigenvalue weighted by Crippen LogP contribution is 2.09. The average Bonchev–Trinajstić information content (AvgIpc) is 2.79.